The minimum atomic E-state index is -1.16. The molecule has 0 spiro atoms. The number of rotatable bonds is 4. The summed E-state index contributed by atoms with van der Waals surface area (Å²) in [5, 5.41) is 9.09. The van der Waals surface area contributed by atoms with Crippen LogP contribution in [0.25, 0.3) is 11.3 Å². The summed E-state index contributed by atoms with van der Waals surface area (Å²) < 4.78 is 18.8. The van der Waals surface area contributed by atoms with E-state index in [1.807, 2.05) is 0 Å². The third-order valence-electron chi connectivity index (χ3n) is 2.64. The number of aromatic nitrogens is 1. The molecular weight excluding hydrogens is 251 g/mol. The van der Waals surface area contributed by atoms with Gasteiger partial charge in [-0.15, -0.1) is 0 Å². The number of aromatic carboxylic acids is 1. The number of hydrogen-bond donors (Lipinski definition) is 3. The van der Waals surface area contributed by atoms with Crippen LogP contribution in [0.1, 0.15) is 17.3 Å². The molecule has 2 rings (SSSR count). The Morgan fingerprint density at radius 2 is 2.26 bits per heavy atom. The molecule has 0 radical (unpaired) electrons. The van der Waals surface area contributed by atoms with Crippen LogP contribution in [0.3, 0.4) is 0 Å². The number of halogens is 1. The van der Waals surface area contributed by atoms with Gasteiger partial charge in [-0.3, -0.25) is 0 Å². The van der Waals surface area contributed by atoms with Gasteiger partial charge in [0, 0.05) is 11.8 Å². The van der Waals surface area contributed by atoms with Crippen molar-refractivity contribution in [1.29, 1.82) is 0 Å². The maximum absolute atomic E-state index is 13.7. The molecule has 0 unspecified atom stereocenters. The van der Waals surface area contributed by atoms with E-state index < -0.39 is 11.8 Å². The molecule has 4 N–H and O–H groups in total. The quantitative estimate of drug-likeness (QED) is 0.791. The average Bonchev–Trinajstić information content (AvgIpc) is 2.74. The second-order valence-corrected chi connectivity index (χ2v) is 3.88. The molecule has 5 nitrogen and oxygen atoms in total. The van der Waals surface area contributed by atoms with E-state index in [0.717, 1.165) is 0 Å². The average molecular weight is 264 g/mol. The maximum Gasteiger partial charge on any atom is 0.340 e. The van der Waals surface area contributed by atoms with Crippen molar-refractivity contribution in [3.8, 4) is 17.0 Å². The minimum absolute atomic E-state index is 0.0661. The van der Waals surface area contributed by atoms with E-state index in [1.165, 1.54) is 18.3 Å². The Morgan fingerprint density at radius 1 is 1.53 bits per heavy atom. The molecule has 0 aliphatic heterocycles. The largest absolute Gasteiger partial charge is 0.491 e. The number of carboxylic acid groups (broad SMARTS) is 1. The van der Waals surface area contributed by atoms with E-state index in [9.17, 15) is 9.18 Å². The molecule has 0 fully saturated rings. The van der Waals surface area contributed by atoms with Crippen LogP contribution in [0, 0.1) is 5.82 Å². The van der Waals surface area contributed by atoms with Crippen LogP contribution in [0.15, 0.2) is 24.4 Å². The molecule has 1 heterocycles. The van der Waals surface area contributed by atoms with E-state index in [2.05, 4.69) is 4.98 Å². The SMILES string of the molecule is CCOc1ccc(-c2[nH]cc(N)c2C(=O)O)cc1F. The number of H-pyrrole nitrogens is 1. The molecule has 0 saturated carbocycles. The summed E-state index contributed by atoms with van der Waals surface area (Å²) in [5.74, 6) is -1.59. The highest BCUT2D eigenvalue weighted by Gasteiger charge is 2.18. The summed E-state index contributed by atoms with van der Waals surface area (Å²) in [6.07, 6.45) is 1.37. The fourth-order valence-corrected chi connectivity index (χ4v) is 1.83. The molecule has 0 bridgehead atoms. The lowest BCUT2D eigenvalue weighted by Gasteiger charge is -2.07. The smallest absolute Gasteiger partial charge is 0.340 e. The topological polar surface area (TPSA) is 88.3 Å². The highest BCUT2D eigenvalue weighted by atomic mass is 19.1. The van der Waals surface area contributed by atoms with Crippen LogP contribution in [0.4, 0.5) is 10.1 Å². The number of carbonyl (C=O) groups is 1. The van der Waals surface area contributed by atoms with Gasteiger partial charge >= 0.3 is 5.97 Å². The first-order valence-electron chi connectivity index (χ1n) is 5.67. The zero-order valence-electron chi connectivity index (χ0n) is 10.2. The van der Waals surface area contributed by atoms with Crippen LogP contribution >= 0.6 is 0 Å². The van der Waals surface area contributed by atoms with E-state index in [1.54, 1.807) is 13.0 Å². The van der Waals surface area contributed by atoms with Crippen LogP contribution in [-0.2, 0) is 0 Å². The summed E-state index contributed by atoms with van der Waals surface area (Å²) in [6.45, 7) is 2.10. The number of carboxylic acids is 1. The first-order valence-corrected chi connectivity index (χ1v) is 5.67. The monoisotopic (exact) mass is 264 g/mol. The second-order valence-electron chi connectivity index (χ2n) is 3.88. The number of nitrogens with two attached hydrogens (primary N) is 1. The normalized spacial score (nSPS) is 10.4. The van der Waals surface area contributed by atoms with Crippen molar-refractivity contribution in [2.75, 3.05) is 12.3 Å². The zero-order valence-corrected chi connectivity index (χ0v) is 10.2. The zero-order chi connectivity index (χ0) is 14.0. The first-order chi connectivity index (χ1) is 9.04. The Labute approximate surface area is 108 Å². The molecule has 1 aromatic heterocycles. The fourth-order valence-electron chi connectivity index (χ4n) is 1.83. The van der Waals surface area contributed by atoms with Gasteiger partial charge in [0.2, 0.25) is 0 Å². The highest BCUT2D eigenvalue weighted by molar-refractivity contribution is 6.00. The number of benzene rings is 1. The summed E-state index contributed by atoms with van der Waals surface area (Å²) in [5.41, 5.74) is 6.28. The van der Waals surface area contributed by atoms with Crippen LogP contribution in [0.2, 0.25) is 0 Å². The maximum atomic E-state index is 13.7. The first kappa shape index (κ1) is 12.9. The highest BCUT2D eigenvalue weighted by Crippen LogP contribution is 2.30. The lowest BCUT2D eigenvalue weighted by molar-refractivity contribution is 0.0699. The van der Waals surface area contributed by atoms with Crippen molar-refractivity contribution in [3.63, 3.8) is 0 Å². The van der Waals surface area contributed by atoms with Crippen molar-refractivity contribution in [1.82, 2.24) is 4.98 Å². The number of anilines is 1. The summed E-state index contributed by atoms with van der Waals surface area (Å²) >= 11 is 0. The number of nitrogen functional groups attached to an aromatic ring is 1. The fraction of sp³-hybridized carbons (Fsp3) is 0.154. The van der Waals surface area contributed by atoms with Crippen LogP contribution in [-0.4, -0.2) is 22.7 Å². The predicted octanol–water partition coefficient (Wildman–Crippen LogP) is 2.50. The lowest BCUT2D eigenvalue weighted by Crippen LogP contribution is -2.01. The number of hydrogen-bond acceptors (Lipinski definition) is 3. The van der Waals surface area contributed by atoms with Gasteiger partial charge < -0.3 is 20.6 Å². The van der Waals surface area contributed by atoms with Crippen molar-refractivity contribution in [2.24, 2.45) is 0 Å². The Balaban J connectivity index is 2.48. The molecule has 1 aromatic carbocycles. The number of nitrogens with one attached hydrogen (secondary N) is 1. The van der Waals surface area contributed by atoms with Crippen molar-refractivity contribution >= 4 is 11.7 Å². The Morgan fingerprint density at radius 3 is 2.84 bits per heavy atom. The molecule has 6 heteroatoms. The number of aromatic amines is 1. The van der Waals surface area contributed by atoms with Gasteiger partial charge in [-0.2, -0.15) is 0 Å². The molecule has 19 heavy (non-hydrogen) atoms. The van der Waals surface area contributed by atoms with Gasteiger partial charge in [-0.05, 0) is 25.1 Å². The van der Waals surface area contributed by atoms with Crippen LogP contribution < -0.4 is 10.5 Å². The van der Waals surface area contributed by atoms with Gasteiger partial charge in [-0.25, -0.2) is 9.18 Å². The van der Waals surface area contributed by atoms with Crippen LogP contribution in [0.5, 0.6) is 5.75 Å². The molecule has 0 aliphatic carbocycles. The molecule has 100 valence electrons. The van der Waals surface area contributed by atoms with E-state index in [4.69, 9.17) is 15.6 Å². The standard InChI is InChI=1S/C13H13FN2O3/c1-2-19-10-4-3-7(5-8(10)14)12-11(13(17)18)9(15)6-16-12/h3-6,16H,2,15H2,1H3,(H,17,18). The molecule has 0 amide bonds. The summed E-state index contributed by atoms with van der Waals surface area (Å²) in [4.78, 5) is 13.8. The molecule has 2 aromatic rings. The Hall–Kier alpha value is -2.50. The minimum Gasteiger partial charge on any atom is -0.491 e. The molecular formula is C13H13FN2O3. The van der Waals surface area contributed by atoms with E-state index in [-0.39, 0.29) is 22.7 Å². The Bertz CT molecular complexity index is 622. The summed E-state index contributed by atoms with van der Waals surface area (Å²) in [7, 11) is 0. The van der Waals surface area contributed by atoms with E-state index in [0.29, 0.717) is 12.2 Å². The third kappa shape index (κ3) is 2.37. The predicted molar refractivity (Wildman–Crippen MR) is 68.7 cm³/mol. The van der Waals surface area contributed by atoms with Crippen molar-refractivity contribution in [2.45, 2.75) is 6.92 Å². The van der Waals surface area contributed by atoms with E-state index >= 15 is 0 Å². The molecule has 0 saturated heterocycles. The second kappa shape index (κ2) is 5.01. The van der Waals surface area contributed by atoms with Gasteiger partial charge in [0.1, 0.15) is 5.56 Å². The van der Waals surface area contributed by atoms with Gasteiger partial charge in [-0.1, -0.05) is 0 Å². The molecule has 0 aliphatic rings. The molecule has 0 atom stereocenters. The van der Waals surface area contributed by atoms with Crippen molar-refractivity contribution < 1.29 is 19.0 Å². The Kier molecular flexibility index (Phi) is 3.41. The van der Waals surface area contributed by atoms with Gasteiger partial charge in [0.15, 0.2) is 11.6 Å². The van der Waals surface area contributed by atoms with Crippen molar-refractivity contribution in [3.05, 3.63) is 35.8 Å². The van der Waals surface area contributed by atoms with Gasteiger partial charge in [0.05, 0.1) is 18.0 Å². The summed E-state index contributed by atoms with van der Waals surface area (Å²) in [6, 6.07) is 4.24. The third-order valence-corrected chi connectivity index (χ3v) is 2.64. The number of ether oxygens (including phenoxy) is 1. The lowest BCUT2D eigenvalue weighted by atomic mass is 10.1. The van der Waals surface area contributed by atoms with Gasteiger partial charge in [0.25, 0.3) is 0 Å².